The van der Waals surface area contributed by atoms with Crippen molar-refractivity contribution in [1.82, 2.24) is 9.88 Å². The van der Waals surface area contributed by atoms with Gasteiger partial charge in [0.1, 0.15) is 5.82 Å². The fourth-order valence-electron chi connectivity index (χ4n) is 2.06. The summed E-state index contributed by atoms with van der Waals surface area (Å²) in [5.74, 6) is -0.611. The number of aromatic nitrogens is 1. The monoisotopic (exact) mass is 274 g/mol. The molecular formula is C14H16BFN2O2. The zero-order valence-electron chi connectivity index (χ0n) is 11.2. The largest absolute Gasteiger partial charge is 0.491 e. The fourth-order valence-corrected chi connectivity index (χ4v) is 2.06. The molecular weight excluding hydrogens is 258 g/mol. The van der Waals surface area contributed by atoms with Crippen molar-refractivity contribution in [1.29, 1.82) is 0 Å². The summed E-state index contributed by atoms with van der Waals surface area (Å²) in [6.45, 7) is 1.32. The summed E-state index contributed by atoms with van der Waals surface area (Å²) in [5.41, 5.74) is 1.86. The molecule has 0 spiro atoms. The Morgan fingerprint density at radius 2 is 1.75 bits per heavy atom. The molecule has 0 aliphatic carbocycles. The van der Waals surface area contributed by atoms with Crippen LogP contribution in [-0.2, 0) is 13.1 Å². The van der Waals surface area contributed by atoms with Gasteiger partial charge in [-0.05, 0) is 36.4 Å². The number of nitrogens with zero attached hydrogens (tertiary/aromatic N) is 2. The minimum absolute atomic E-state index is 0.0974. The number of halogens is 1. The number of hydrogen-bond acceptors (Lipinski definition) is 4. The zero-order chi connectivity index (χ0) is 14.5. The Labute approximate surface area is 117 Å². The van der Waals surface area contributed by atoms with Crippen LogP contribution in [0.5, 0.6) is 0 Å². The molecule has 1 heterocycles. The minimum Gasteiger partial charge on any atom is -0.423 e. The summed E-state index contributed by atoms with van der Waals surface area (Å²) < 4.78 is 13.4. The SMILES string of the molecule is CN(Cc1ccncc1)Cc1ccc(F)c(B(O)O)c1. The van der Waals surface area contributed by atoms with Crippen LogP contribution < -0.4 is 5.46 Å². The summed E-state index contributed by atoms with van der Waals surface area (Å²) in [5, 5.41) is 18.2. The molecule has 0 radical (unpaired) electrons. The standard InChI is InChI=1S/C14H16BFN2O2/c1-18(9-11-4-6-17-7-5-11)10-12-2-3-14(16)13(8-12)15(19)20/h2-8,19-20H,9-10H2,1H3. The van der Waals surface area contributed by atoms with E-state index in [0.717, 1.165) is 17.7 Å². The van der Waals surface area contributed by atoms with Gasteiger partial charge in [0.15, 0.2) is 0 Å². The second kappa shape index (κ2) is 6.61. The summed E-state index contributed by atoms with van der Waals surface area (Å²) in [6, 6.07) is 8.24. The van der Waals surface area contributed by atoms with Crippen molar-refractivity contribution in [3.05, 3.63) is 59.7 Å². The predicted molar refractivity (Wildman–Crippen MR) is 75.6 cm³/mol. The van der Waals surface area contributed by atoms with Crippen LogP contribution in [0.15, 0.2) is 42.7 Å². The lowest BCUT2D eigenvalue weighted by atomic mass is 9.79. The maximum atomic E-state index is 13.4. The summed E-state index contributed by atoms with van der Waals surface area (Å²) in [4.78, 5) is 6.01. The maximum absolute atomic E-state index is 13.4. The van der Waals surface area contributed by atoms with Crippen LogP contribution in [0.1, 0.15) is 11.1 Å². The van der Waals surface area contributed by atoms with Crippen molar-refractivity contribution in [2.45, 2.75) is 13.1 Å². The Morgan fingerprint density at radius 3 is 2.40 bits per heavy atom. The third-order valence-corrected chi connectivity index (χ3v) is 2.99. The van der Waals surface area contributed by atoms with Gasteiger partial charge < -0.3 is 10.0 Å². The van der Waals surface area contributed by atoms with Crippen LogP contribution in [-0.4, -0.2) is 34.1 Å². The predicted octanol–water partition coefficient (Wildman–Crippen LogP) is 0.532. The van der Waals surface area contributed by atoms with Gasteiger partial charge >= 0.3 is 7.12 Å². The van der Waals surface area contributed by atoms with Crippen molar-refractivity contribution < 1.29 is 14.4 Å². The molecule has 0 fully saturated rings. The zero-order valence-corrected chi connectivity index (χ0v) is 11.2. The molecule has 2 N–H and O–H groups in total. The fraction of sp³-hybridized carbons (Fsp3) is 0.214. The maximum Gasteiger partial charge on any atom is 0.491 e. The second-order valence-electron chi connectivity index (χ2n) is 4.76. The highest BCUT2D eigenvalue weighted by molar-refractivity contribution is 6.58. The van der Waals surface area contributed by atoms with E-state index in [-0.39, 0.29) is 5.46 Å². The van der Waals surface area contributed by atoms with Crippen LogP contribution in [0.2, 0.25) is 0 Å². The molecule has 0 saturated carbocycles. The van der Waals surface area contributed by atoms with Gasteiger partial charge in [0, 0.05) is 30.9 Å². The normalized spacial score (nSPS) is 10.8. The highest BCUT2D eigenvalue weighted by Crippen LogP contribution is 2.08. The smallest absolute Gasteiger partial charge is 0.423 e. The molecule has 0 aliphatic heterocycles. The average molecular weight is 274 g/mol. The van der Waals surface area contributed by atoms with Crippen molar-refractivity contribution in [3.63, 3.8) is 0 Å². The molecule has 0 atom stereocenters. The Morgan fingerprint density at radius 1 is 1.10 bits per heavy atom. The lowest BCUT2D eigenvalue weighted by molar-refractivity contribution is 0.319. The van der Waals surface area contributed by atoms with Crippen molar-refractivity contribution >= 4 is 12.6 Å². The quantitative estimate of drug-likeness (QED) is 0.781. The number of pyridine rings is 1. The van der Waals surface area contributed by atoms with E-state index in [1.807, 2.05) is 19.2 Å². The molecule has 6 heteroatoms. The molecule has 0 unspecified atom stereocenters. The van der Waals surface area contributed by atoms with Crippen LogP contribution in [0.4, 0.5) is 4.39 Å². The molecule has 0 amide bonds. The molecule has 4 nitrogen and oxygen atoms in total. The number of rotatable bonds is 5. The van der Waals surface area contributed by atoms with Gasteiger partial charge in [0.2, 0.25) is 0 Å². The van der Waals surface area contributed by atoms with Crippen LogP contribution in [0, 0.1) is 5.82 Å². The van der Waals surface area contributed by atoms with E-state index in [1.54, 1.807) is 18.5 Å². The molecule has 2 aromatic rings. The summed E-state index contributed by atoms with van der Waals surface area (Å²) in [7, 11) is 0.152. The van der Waals surface area contributed by atoms with Gasteiger partial charge in [0.05, 0.1) is 0 Å². The number of hydrogen-bond donors (Lipinski definition) is 2. The van der Waals surface area contributed by atoms with E-state index in [2.05, 4.69) is 9.88 Å². The molecule has 1 aromatic carbocycles. The first-order chi connectivity index (χ1) is 9.56. The number of benzene rings is 1. The molecule has 0 saturated heterocycles. The Balaban J connectivity index is 2.04. The molecule has 20 heavy (non-hydrogen) atoms. The van der Waals surface area contributed by atoms with Crippen LogP contribution >= 0.6 is 0 Å². The first kappa shape index (κ1) is 14.6. The van der Waals surface area contributed by atoms with E-state index in [1.165, 1.54) is 12.1 Å². The molecule has 1 aromatic heterocycles. The average Bonchev–Trinajstić information content (AvgIpc) is 2.41. The highest BCUT2D eigenvalue weighted by atomic mass is 19.1. The van der Waals surface area contributed by atoms with Crippen molar-refractivity contribution in [3.8, 4) is 0 Å². The molecule has 0 aliphatic rings. The molecule has 2 rings (SSSR count). The van der Waals surface area contributed by atoms with Crippen LogP contribution in [0.3, 0.4) is 0 Å². The molecule has 104 valence electrons. The topological polar surface area (TPSA) is 56.6 Å². The minimum atomic E-state index is -1.79. The van der Waals surface area contributed by atoms with Gasteiger partial charge in [-0.3, -0.25) is 9.88 Å². The van der Waals surface area contributed by atoms with Gasteiger partial charge in [0.25, 0.3) is 0 Å². The van der Waals surface area contributed by atoms with Crippen molar-refractivity contribution in [2.75, 3.05) is 7.05 Å². The van der Waals surface area contributed by atoms with Crippen molar-refractivity contribution in [2.24, 2.45) is 0 Å². The Bertz CT molecular complexity index is 566. The Hall–Kier alpha value is -1.76. The summed E-state index contributed by atoms with van der Waals surface area (Å²) in [6.07, 6.45) is 3.47. The van der Waals surface area contributed by atoms with E-state index < -0.39 is 12.9 Å². The second-order valence-corrected chi connectivity index (χ2v) is 4.76. The van der Waals surface area contributed by atoms with E-state index in [9.17, 15) is 4.39 Å². The first-order valence-corrected chi connectivity index (χ1v) is 6.28. The van der Waals surface area contributed by atoms with Crippen LogP contribution in [0.25, 0.3) is 0 Å². The van der Waals surface area contributed by atoms with Gasteiger partial charge in [-0.15, -0.1) is 0 Å². The lowest BCUT2D eigenvalue weighted by Gasteiger charge is -2.17. The third-order valence-electron chi connectivity index (χ3n) is 2.99. The summed E-state index contributed by atoms with van der Waals surface area (Å²) >= 11 is 0. The first-order valence-electron chi connectivity index (χ1n) is 6.28. The Kier molecular flexibility index (Phi) is 4.84. The van der Waals surface area contributed by atoms with Gasteiger partial charge in [-0.1, -0.05) is 12.1 Å². The molecule has 0 bridgehead atoms. The third kappa shape index (κ3) is 3.87. The highest BCUT2D eigenvalue weighted by Gasteiger charge is 2.17. The van der Waals surface area contributed by atoms with Gasteiger partial charge in [-0.25, -0.2) is 4.39 Å². The van der Waals surface area contributed by atoms with E-state index in [4.69, 9.17) is 10.0 Å². The van der Waals surface area contributed by atoms with E-state index in [0.29, 0.717) is 6.54 Å². The van der Waals surface area contributed by atoms with E-state index >= 15 is 0 Å². The lowest BCUT2D eigenvalue weighted by Crippen LogP contribution is -2.33. The van der Waals surface area contributed by atoms with Gasteiger partial charge in [-0.2, -0.15) is 0 Å².